The van der Waals surface area contributed by atoms with E-state index in [-0.39, 0.29) is 5.41 Å². The minimum Gasteiger partial charge on any atom is -0.497 e. The summed E-state index contributed by atoms with van der Waals surface area (Å²) >= 11 is 0. The number of rotatable bonds is 4. The molecule has 27 heavy (non-hydrogen) atoms. The van der Waals surface area contributed by atoms with Crippen molar-refractivity contribution in [2.24, 2.45) is 16.8 Å². The van der Waals surface area contributed by atoms with Gasteiger partial charge in [-0.15, -0.1) is 0 Å². The van der Waals surface area contributed by atoms with E-state index in [1.807, 2.05) is 7.05 Å². The lowest BCUT2D eigenvalue weighted by atomic mass is 9.74. The number of piperidine rings is 1. The number of aliphatic imine (C=N–C) groups is 1. The number of methoxy groups -OCH3 is 1. The first-order valence-corrected chi connectivity index (χ1v) is 10.2. The van der Waals surface area contributed by atoms with Crippen molar-refractivity contribution in [2.45, 2.75) is 38.5 Å². The molecule has 2 aliphatic heterocycles. The van der Waals surface area contributed by atoms with Crippen LogP contribution in [-0.2, 0) is 10.2 Å². The van der Waals surface area contributed by atoms with Gasteiger partial charge in [-0.1, -0.05) is 26.0 Å². The topological polar surface area (TPSA) is 46.1 Å². The molecule has 0 amide bonds. The highest BCUT2D eigenvalue weighted by Gasteiger charge is 2.35. The molecule has 2 fully saturated rings. The SMILES string of the molecule is CN=C(NCC1(c2ccc(OC)cc2)CCOCC1)N1CC(C)CC(C)C1. The maximum absolute atomic E-state index is 5.68. The largest absolute Gasteiger partial charge is 0.497 e. The van der Waals surface area contributed by atoms with Crippen molar-refractivity contribution in [3.05, 3.63) is 29.8 Å². The highest BCUT2D eigenvalue weighted by atomic mass is 16.5. The smallest absolute Gasteiger partial charge is 0.193 e. The van der Waals surface area contributed by atoms with E-state index in [1.165, 1.54) is 12.0 Å². The molecule has 2 unspecified atom stereocenters. The van der Waals surface area contributed by atoms with Gasteiger partial charge in [0.2, 0.25) is 0 Å². The Kier molecular flexibility index (Phi) is 6.64. The minimum absolute atomic E-state index is 0.0769. The Bertz CT molecular complexity index is 613. The highest BCUT2D eigenvalue weighted by molar-refractivity contribution is 5.80. The number of guanidine groups is 1. The molecule has 1 aromatic rings. The van der Waals surface area contributed by atoms with Crippen molar-refractivity contribution in [3.63, 3.8) is 0 Å². The molecule has 2 saturated heterocycles. The predicted molar refractivity (Wildman–Crippen MR) is 111 cm³/mol. The zero-order valence-corrected chi connectivity index (χ0v) is 17.3. The van der Waals surface area contributed by atoms with Crippen molar-refractivity contribution in [1.29, 1.82) is 0 Å². The maximum atomic E-state index is 5.68. The number of likely N-dealkylation sites (tertiary alicyclic amines) is 1. The predicted octanol–water partition coefficient (Wildman–Crippen LogP) is 3.30. The average Bonchev–Trinajstić information content (AvgIpc) is 2.68. The Morgan fingerprint density at radius 3 is 2.37 bits per heavy atom. The lowest BCUT2D eigenvalue weighted by Crippen LogP contribution is -2.52. The summed E-state index contributed by atoms with van der Waals surface area (Å²) in [5.41, 5.74) is 1.43. The molecule has 2 atom stereocenters. The van der Waals surface area contributed by atoms with E-state index in [1.54, 1.807) is 7.11 Å². The van der Waals surface area contributed by atoms with Crippen LogP contribution in [0.3, 0.4) is 0 Å². The third kappa shape index (κ3) is 4.75. The van der Waals surface area contributed by atoms with Crippen molar-refractivity contribution in [3.8, 4) is 5.75 Å². The van der Waals surface area contributed by atoms with Crippen LogP contribution in [-0.4, -0.2) is 57.9 Å². The number of nitrogens with zero attached hydrogens (tertiary/aromatic N) is 2. The van der Waals surface area contributed by atoms with E-state index in [4.69, 9.17) is 9.47 Å². The van der Waals surface area contributed by atoms with Crippen LogP contribution in [0.25, 0.3) is 0 Å². The third-order valence-electron chi connectivity index (χ3n) is 6.12. The number of nitrogens with one attached hydrogen (secondary N) is 1. The van der Waals surface area contributed by atoms with Gasteiger partial charge in [-0.05, 0) is 48.8 Å². The van der Waals surface area contributed by atoms with Crippen LogP contribution in [0.1, 0.15) is 38.7 Å². The van der Waals surface area contributed by atoms with Gasteiger partial charge in [-0.3, -0.25) is 4.99 Å². The van der Waals surface area contributed by atoms with Gasteiger partial charge in [0.25, 0.3) is 0 Å². The summed E-state index contributed by atoms with van der Waals surface area (Å²) in [7, 11) is 3.61. The molecule has 0 aliphatic carbocycles. The van der Waals surface area contributed by atoms with Gasteiger partial charge >= 0.3 is 0 Å². The summed E-state index contributed by atoms with van der Waals surface area (Å²) in [5.74, 6) is 3.37. The Morgan fingerprint density at radius 2 is 1.81 bits per heavy atom. The van der Waals surface area contributed by atoms with Crippen LogP contribution in [0.15, 0.2) is 29.3 Å². The molecular formula is C22H35N3O2. The van der Waals surface area contributed by atoms with E-state index < -0.39 is 0 Å². The Labute approximate surface area is 164 Å². The van der Waals surface area contributed by atoms with E-state index in [0.717, 1.165) is 57.4 Å². The molecule has 3 rings (SSSR count). The van der Waals surface area contributed by atoms with E-state index in [9.17, 15) is 0 Å². The molecule has 1 N–H and O–H groups in total. The molecule has 0 spiro atoms. The number of benzene rings is 1. The molecular weight excluding hydrogens is 338 g/mol. The summed E-state index contributed by atoms with van der Waals surface area (Å²) in [4.78, 5) is 7.03. The lowest BCUT2D eigenvalue weighted by molar-refractivity contribution is 0.0510. The first-order chi connectivity index (χ1) is 13.1. The number of hydrogen-bond acceptors (Lipinski definition) is 3. The fraction of sp³-hybridized carbons (Fsp3) is 0.682. The van der Waals surface area contributed by atoms with Crippen molar-refractivity contribution in [1.82, 2.24) is 10.2 Å². The fourth-order valence-corrected chi connectivity index (χ4v) is 4.69. The molecule has 5 heteroatoms. The molecule has 5 nitrogen and oxygen atoms in total. The fourth-order valence-electron chi connectivity index (χ4n) is 4.69. The first-order valence-electron chi connectivity index (χ1n) is 10.2. The van der Waals surface area contributed by atoms with Crippen molar-refractivity contribution in [2.75, 3.05) is 47.0 Å². The van der Waals surface area contributed by atoms with Crippen LogP contribution in [0.5, 0.6) is 5.75 Å². The van der Waals surface area contributed by atoms with E-state index in [0.29, 0.717) is 11.8 Å². The normalized spacial score (nSPS) is 25.9. The number of hydrogen-bond donors (Lipinski definition) is 1. The second kappa shape index (κ2) is 8.96. The monoisotopic (exact) mass is 373 g/mol. The second-order valence-electron chi connectivity index (χ2n) is 8.37. The Balaban J connectivity index is 1.74. The average molecular weight is 374 g/mol. The van der Waals surface area contributed by atoms with Crippen LogP contribution < -0.4 is 10.1 Å². The molecule has 1 aromatic carbocycles. The van der Waals surface area contributed by atoms with E-state index in [2.05, 4.69) is 53.3 Å². The minimum atomic E-state index is 0.0769. The van der Waals surface area contributed by atoms with Crippen LogP contribution >= 0.6 is 0 Å². The molecule has 150 valence electrons. The molecule has 2 heterocycles. The Morgan fingerprint density at radius 1 is 1.19 bits per heavy atom. The zero-order chi connectivity index (χ0) is 19.3. The summed E-state index contributed by atoms with van der Waals surface area (Å²) in [6.45, 7) is 9.36. The van der Waals surface area contributed by atoms with Crippen LogP contribution in [0.2, 0.25) is 0 Å². The third-order valence-corrected chi connectivity index (χ3v) is 6.12. The van der Waals surface area contributed by atoms with Gasteiger partial charge in [0.1, 0.15) is 5.75 Å². The van der Waals surface area contributed by atoms with Gasteiger partial charge in [0.15, 0.2) is 5.96 Å². The quantitative estimate of drug-likeness (QED) is 0.650. The van der Waals surface area contributed by atoms with Gasteiger partial charge < -0.3 is 19.7 Å². The molecule has 0 bridgehead atoms. The van der Waals surface area contributed by atoms with Gasteiger partial charge in [-0.25, -0.2) is 0 Å². The van der Waals surface area contributed by atoms with Crippen molar-refractivity contribution < 1.29 is 9.47 Å². The van der Waals surface area contributed by atoms with Crippen LogP contribution in [0, 0.1) is 11.8 Å². The molecule has 2 aliphatic rings. The lowest BCUT2D eigenvalue weighted by Gasteiger charge is -2.41. The second-order valence-corrected chi connectivity index (χ2v) is 8.37. The molecule has 0 radical (unpaired) electrons. The summed E-state index contributed by atoms with van der Waals surface area (Å²) in [6.07, 6.45) is 3.35. The molecule has 0 aromatic heterocycles. The summed E-state index contributed by atoms with van der Waals surface area (Å²) in [6, 6.07) is 8.55. The van der Waals surface area contributed by atoms with Gasteiger partial charge in [0.05, 0.1) is 7.11 Å². The molecule has 0 saturated carbocycles. The van der Waals surface area contributed by atoms with E-state index >= 15 is 0 Å². The van der Waals surface area contributed by atoms with Gasteiger partial charge in [0, 0.05) is 45.3 Å². The Hall–Kier alpha value is -1.75. The summed E-state index contributed by atoms with van der Waals surface area (Å²) < 4.78 is 11.0. The highest BCUT2D eigenvalue weighted by Crippen LogP contribution is 2.35. The number of ether oxygens (including phenoxy) is 2. The first kappa shape index (κ1) is 20.0. The maximum Gasteiger partial charge on any atom is 0.193 e. The van der Waals surface area contributed by atoms with Gasteiger partial charge in [-0.2, -0.15) is 0 Å². The standard InChI is InChI=1S/C22H35N3O2/c1-17-13-18(2)15-25(14-17)21(23-3)24-16-22(9-11-27-12-10-22)19-5-7-20(26-4)8-6-19/h5-8,17-18H,9-16H2,1-4H3,(H,23,24). The van der Waals surface area contributed by atoms with Crippen molar-refractivity contribution >= 4 is 5.96 Å². The van der Waals surface area contributed by atoms with Crippen LogP contribution in [0.4, 0.5) is 0 Å². The summed E-state index contributed by atoms with van der Waals surface area (Å²) in [5, 5.41) is 3.71. The zero-order valence-electron chi connectivity index (χ0n) is 17.3.